The molecule has 0 saturated heterocycles. The largest absolute Gasteiger partial charge is 0.337 e. The molecule has 156 valence electrons. The maximum Gasteiger partial charge on any atom is 0.322 e. The molecule has 2 aromatic carbocycles. The molecule has 1 N–H and O–H groups in total. The first kappa shape index (κ1) is 20.4. The zero-order chi connectivity index (χ0) is 20.9. The second kappa shape index (κ2) is 9.30. The van der Waals surface area contributed by atoms with Crippen molar-refractivity contribution in [1.29, 1.82) is 0 Å². The minimum absolute atomic E-state index is 0.146. The molecule has 30 heavy (non-hydrogen) atoms. The Morgan fingerprint density at radius 1 is 1.17 bits per heavy atom. The average molecular weight is 425 g/mol. The molecule has 0 unspecified atom stereocenters. The molecule has 1 saturated carbocycles. The maximum atomic E-state index is 13.1. The molecular formula is C23H25ClN4O2. The van der Waals surface area contributed by atoms with Gasteiger partial charge in [-0.05, 0) is 44.0 Å². The normalized spacial score (nSPS) is 14.5. The lowest BCUT2D eigenvalue weighted by atomic mass is 9.94. The third kappa shape index (κ3) is 5.00. The number of aromatic nitrogens is 2. The number of hydrogen-bond donors (Lipinski definition) is 1. The number of nitrogens with zero attached hydrogens (tertiary/aromatic N) is 3. The van der Waals surface area contributed by atoms with Crippen molar-refractivity contribution >= 4 is 23.3 Å². The first-order chi connectivity index (χ1) is 14.6. The lowest BCUT2D eigenvalue weighted by Gasteiger charge is -2.33. The summed E-state index contributed by atoms with van der Waals surface area (Å²) in [4.78, 5) is 19.5. The summed E-state index contributed by atoms with van der Waals surface area (Å²) in [7, 11) is 0. The summed E-state index contributed by atoms with van der Waals surface area (Å²) < 4.78 is 5.50. The Morgan fingerprint density at radius 2 is 1.97 bits per heavy atom. The zero-order valence-corrected chi connectivity index (χ0v) is 17.7. The number of anilines is 1. The van der Waals surface area contributed by atoms with Gasteiger partial charge in [-0.25, -0.2) is 4.79 Å². The van der Waals surface area contributed by atoms with E-state index in [2.05, 4.69) is 15.5 Å². The van der Waals surface area contributed by atoms with Gasteiger partial charge in [-0.3, -0.25) is 0 Å². The highest BCUT2D eigenvalue weighted by Crippen LogP contribution is 2.26. The third-order valence-corrected chi connectivity index (χ3v) is 5.64. The number of urea groups is 1. The number of rotatable bonds is 5. The number of nitrogens with one attached hydrogen (secondary N) is 1. The fourth-order valence-electron chi connectivity index (χ4n) is 3.89. The van der Waals surface area contributed by atoms with E-state index in [0.29, 0.717) is 22.4 Å². The molecule has 4 rings (SSSR count). The number of carbonyl (C=O) groups excluding carboxylic acids is 1. The summed E-state index contributed by atoms with van der Waals surface area (Å²) in [6, 6.07) is 15.1. The second-order valence-corrected chi connectivity index (χ2v) is 8.18. The van der Waals surface area contributed by atoms with Crippen molar-refractivity contribution in [2.45, 2.75) is 51.6 Å². The fraction of sp³-hybridized carbons (Fsp3) is 0.348. The number of halogens is 1. The number of aryl methyl sites for hydroxylation is 1. The second-order valence-electron chi connectivity index (χ2n) is 7.74. The standard InChI is InChI=1S/C23H25ClN4O2/c1-16-7-5-8-17(13-16)22-26-21(30-27-22)15-28(20-11-3-2-4-12-20)23(29)25-19-10-6-9-18(24)14-19/h5-10,13-14,20H,2-4,11-12,15H2,1H3,(H,25,29). The van der Waals surface area contributed by atoms with E-state index < -0.39 is 0 Å². The van der Waals surface area contributed by atoms with E-state index in [4.69, 9.17) is 16.1 Å². The Kier molecular flexibility index (Phi) is 6.33. The first-order valence-corrected chi connectivity index (χ1v) is 10.7. The summed E-state index contributed by atoms with van der Waals surface area (Å²) in [5, 5.41) is 7.66. The SMILES string of the molecule is Cc1cccc(-c2noc(CN(C(=O)Nc3cccc(Cl)c3)C3CCCCC3)n2)c1. The number of hydrogen-bond acceptors (Lipinski definition) is 4. The van der Waals surface area contributed by atoms with Crippen LogP contribution in [0.2, 0.25) is 5.02 Å². The predicted molar refractivity (Wildman–Crippen MR) is 117 cm³/mol. The van der Waals surface area contributed by atoms with Crippen molar-refractivity contribution in [2.75, 3.05) is 5.32 Å². The Bertz CT molecular complexity index is 1010. The molecule has 0 radical (unpaired) electrons. The molecule has 1 aromatic heterocycles. The molecule has 0 atom stereocenters. The van der Waals surface area contributed by atoms with Gasteiger partial charge in [-0.2, -0.15) is 4.98 Å². The van der Waals surface area contributed by atoms with Crippen LogP contribution in [0.3, 0.4) is 0 Å². The summed E-state index contributed by atoms with van der Waals surface area (Å²) in [6.07, 6.45) is 5.38. The highest BCUT2D eigenvalue weighted by molar-refractivity contribution is 6.30. The van der Waals surface area contributed by atoms with Crippen LogP contribution in [-0.4, -0.2) is 27.1 Å². The van der Waals surface area contributed by atoms with Gasteiger partial charge < -0.3 is 14.7 Å². The lowest BCUT2D eigenvalue weighted by molar-refractivity contribution is 0.151. The van der Waals surface area contributed by atoms with Gasteiger partial charge >= 0.3 is 6.03 Å². The van der Waals surface area contributed by atoms with Crippen molar-refractivity contribution < 1.29 is 9.32 Å². The molecule has 1 aliphatic carbocycles. The third-order valence-electron chi connectivity index (χ3n) is 5.40. The number of benzene rings is 2. The Morgan fingerprint density at radius 3 is 2.73 bits per heavy atom. The van der Waals surface area contributed by atoms with Gasteiger partial charge in [0, 0.05) is 22.3 Å². The smallest absolute Gasteiger partial charge is 0.322 e. The van der Waals surface area contributed by atoms with Crippen molar-refractivity contribution in [2.24, 2.45) is 0 Å². The Hall–Kier alpha value is -2.86. The zero-order valence-electron chi connectivity index (χ0n) is 17.0. The molecule has 2 amide bonds. The van der Waals surface area contributed by atoms with Gasteiger partial charge in [0.05, 0.1) is 0 Å². The number of amides is 2. The molecule has 3 aromatic rings. The van der Waals surface area contributed by atoms with Crippen LogP contribution in [0.15, 0.2) is 53.1 Å². The summed E-state index contributed by atoms with van der Waals surface area (Å²) >= 11 is 6.06. The van der Waals surface area contributed by atoms with E-state index in [1.807, 2.05) is 48.2 Å². The van der Waals surface area contributed by atoms with Crippen LogP contribution in [0.5, 0.6) is 0 Å². The van der Waals surface area contributed by atoms with Crippen molar-refractivity contribution in [3.8, 4) is 11.4 Å². The summed E-state index contributed by atoms with van der Waals surface area (Å²) in [5.41, 5.74) is 2.69. The molecule has 1 aliphatic rings. The molecule has 0 bridgehead atoms. The minimum Gasteiger partial charge on any atom is -0.337 e. The molecule has 1 fully saturated rings. The predicted octanol–water partition coefficient (Wildman–Crippen LogP) is 6.07. The van der Waals surface area contributed by atoms with Crippen molar-refractivity contribution in [3.05, 3.63) is 65.0 Å². The van der Waals surface area contributed by atoms with Gasteiger partial charge in [0.15, 0.2) is 0 Å². The molecule has 0 spiro atoms. The van der Waals surface area contributed by atoms with Gasteiger partial charge in [0.25, 0.3) is 0 Å². The van der Waals surface area contributed by atoms with Crippen molar-refractivity contribution in [3.63, 3.8) is 0 Å². The molecule has 0 aliphatic heterocycles. The van der Waals surface area contributed by atoms with E-state index in [-0.39, 0.29) is 18.6 Å². The van der Waals surface area contributed by atoms with Crippen LogP contribution in [0, 0.1) is 6.92 Å². The van der Waals surface area contributed by atoms with Crippen LogP contribution in [0.1, 0.15) is 43.6 Å². The van der Waals surface area contributed by atoms with Crippen LogP contribution in [0.25, 0.3) is 11.4 Å². The van der Waals surface area contributed by atoms with Gasteiger partial charge in [0.2, 0.25) is 11.7 Å². The van der Waals surface area contributed by atoms with Gasteiger partial charge in [-0.15, -0.1) is 0 Å². The van der Waals surface area contributed by atoms with E-state index >= 15 is 0 Å². The Balaban J connectivity index is 1.53. The lowest BCUT2D eigenvalue weighted by Crippen LogP contribution is -2.43. The number of carbonyl (C=O) groups is 1. The molecular weight excluding hydrogens is 400 g/mol. The van der Waals surface area contributed by atoms with E-state index in [9.17, 15) is 4.79 Å². The van der Waals surface area contributed by atoms with E-state index in [1.165, 1.54) is 6.42 Å². The van der Waals surface area contributed by atoms with Crippen LogP contribution in [0.4, 0.5) is 10.5 Å². The monoisotopic (exact) mass is 424 g/mol. The van der Waals surface area contributed by atoms with Gasteiger partial charge in [0.1, 0.15) is 6.54 Å². The van der Waals surface area contributed by atoms with Gasteiger partial charge in [-0.1, -0.05) is 65.8 Å². The molecule has 1 heterocycles. The average Bonchev–Trinajstić information content (AvgIpc) is 3.21. The van der Waals surface area contributed by atoms with Crippen LogP contribution in [-0.2, 0) is 6.54 Å². The highest BCUT2D eigenvalue weighted by atomic mass is 35.5. The topological polar surface area (TPSA) is 71.3 Å². The first-order valence-electron chi connectivity index (χ1n) is 10.3. The summed E-state index contributed by atoms with van der Waals surface area (Å²) in [5.74, 6) is 0.964. The molecule has 7 heteroatoms. The fourth-order valence-corrected chi connectivity index (χ4v) is 4.08. The van der Waals surface area contributed by atoms with Crippen molar-refractivity contribution in [1.82, 2.24) is 15.0 Å². The van der Waals surface area contributed by atoms with Crippen LogP contribution >= 0.6 is 11.6 Å². The maximum absolute atomic E-state index is 13.1. The quantitative estimate of drug-likeness (QED) is 0.539. The molecule has 6 nitrogen and oxygen atoms in total. The van der Waals surface area contributed by atoms with E-state index in [0.717, 1.165) is 36.8 Å². The van der Waals surface area contributed by atoms with E-state index in [1.54, 1.807) is 12.1 Å². The van der Waals surface area contributed by atoms with Crippen LogP contribution < -0.4 is 5.32 Å². The summed E-state index contributed by atoms with van der Waals surface area (Å²) in [6.45, 7) is 2.30. The highest BCUT2D eigenvalue weighted by Gasteiger charge is 2.27. The Labute approximate surface area is 181 Å². The minimum atomic E-state index is -0.181.